The third-order valence-electron chi connectivity index (χ3n) is 2.41. The average molecular weight is 239 g/mol. The van der Waals surface area contributed by atoms with Crippen LogP contribution < -0.4 is 5.32 Å². The van der Waals surface area contributed by atoms with Crippen molar-refractivity contribution in [3.8, 4) is 0 Å². The maximum Gasteiger partial charge on any atom is 0.157 e. The molecule has 0 unspecified atom stereocenters. The molecule has 0 aliphatic carbocycles. The zero-order valence-corrected chi connectivity index (χ0v) is 10.7. The minimum atomic E-state index is 0.175. The Kier molecular flexibility index (Phi) is 3.18. The molecule has 0 bridgehead atoms. The van der Waals surface area contributed by atoms with Crippen LogP contribution in [-0.4, -0.2) is 37.8 Å². The zero-order chi connectivity index (χ0) is 11.6. The minimum Gasteiger partial charge on any atom is -0.359 e. The number of hydrogen-bond donors (Lipinski definition) is 1. The molecule has 0 atom stereocenters. The Hall–Kier alpha value is -1.04. The SMILES string of the molecule is Cn1cnnc1CCN=C1NC(C)(C)CS1. The zero-order valence-electron chi connectivity index (χ0n) is 9.90. The molecule has 1 aliphatic rings. The standard InChI is InChI=1S/C10H17N5S/c1-10(2)6-16-9(13-10)11-5-4-8-14-12-7-15(8)3/h7H,4-6H2,1-3H3,(H,11,13). The van der Waals surface area contributed by atoms with Gasteiger partial charge in [0.2, 0.25) is 0 Å². The van der Waals surface area contributed by atoms with Gasteiger partial charge in [0.15, 0.2) is 5.17 Å². The maximum absolute atomic E-state index is 4.52. The van der Waals surface area contributed by atoms with E-state index in [1.54, 1.807) is 18.1 Å². The van der Waals surface area contributed by atoms with Crippen LogP contribution in [-0.2, 0) is 13.5 Å². The summed E-state index contributed by atoms with van der Waals surface area (Å²) in [6.45, 7) is 5.13. The molecule has 0 aromatic carbocycles. The molecule has 0 radical (unpaired) electrons. The molecule has 88 valence electrons. The van der Waals surface area contributed by atoms with E-state index in [2.05, 4.69) is 34.4 Å². The van der Waals surface area contributed by atoms with Crippen LogP contribution in [0.5, 0.6) is 0 Å². The van der Waals surface area contributed by atoms with Crippen molar-refractivity contribution >= 4 is 16.9 Å². The van der Waals surface area contributed by atoms with Crippen LogP contribution in [0.1, 0.15) is 19.7 Å². The summed E-state index contributed by atoms with van der Waals surface area (Å²) < 4.78 is 1.93. The van der Waals surface area contributed by atoms with Gasteiger partial charge in [-0.2, -0.15) is 0 Å². The van der Waals surface area contributed by atoms with Gasteiger partial charge in [-0.1, -0.05) is 11.8 Å². The van der Waals surface area contributed by atoms with Crippen molar-refractivity contribution in [1.82, 2.24) is 20.1 Å². The fourth-order valence-electron chi connectivity index (χ4n) is 1.49. The lowest BCUT2D eigenvalue weighted by Crippen LogP contribution is -2.36. The highest BCUT2D eigenvalue weighted by atomic mass is 32.2. The summed E-state index contributed by atoms with van der Waals surface area (Å²) >= 11 is 1.79. The molecule has 1 saturated heterocycles. The van der Waals surface area contributed by atoms with Gasteiger partial charge in [0, 0.05) is 31.3 Å². The second-order valence-corrected chi connectivity index (χ2v) is 5.56. The van der Waals surface area contributed by atoms with Crippen LogP contribution >= 0.6 is 11.8 Å². The lowest BCUT2D eigenvalue weighted by atomic mass is 10.1. The molecule has 6 heteroatoms. The lowest BCUT2D eigenvalue weighted by molar-refractivity contribution is 0.536. The fourth-order valence-corrected chi connectivity index (χ4v) is 2.59. The molecule has 1 fully saturated rings. The van der Waals surface area contributed by atoms with Crippen molar-refractivity contribution in [2.24, 2.45) is 12.0 Å². The van der Waals surface area contributed by atoms with Crippen LogP contribution in [0.4, 0.5) is 0 Å². The first-order valence-corrected chi connectivity index (χ1v) is 6.34. The third-order valence-corrected chi connectivity index (χ3v) is 3.78. The number of aryl methyl sites for hydroxylation is 1. The fraction of sp³-hybridized carbons (Fsp3) is 0.700. The Morgan fingerprint density at radius 1 is 1.62 bits per heavy atom. The Morgan fingerprint density at radius 2 is 2.44 bits per heavy atom. The van der Waals surface area contributed by atoms with Crippen molar-refractivity contribution in [3.63, 3.8) is 0 Å². The summed E-state index contributed by atoms with van der Waals surface area (Å²) in [6.07, 6.45) is 2.55. The second-order valence-electron chi connectivity index (χ2n) is 4.59. The van der Waals surface area contributed by atoms with Crippen LogP contribution in [0.2, 0.25) is 0 Å². The molecule has 2 heterocycles. The Balaban J connectivity index is 1.85. The van der Waals surface area contributed by atoms with E-state index in [0.717, 1.165) is 29.7 Å². The van der Waals surface area contributed by atoms with Gasteiger partial charge in [-0.3, -0.25) is 4.99 Å². The number of nitrogens with one attached hydrogen (secondary N) is 1. The lowest BCUT2D eigenvalue weighted by Gasteiger charge is -2.15. The highest BCUT2D eigenvalue weighted by Crippen LogP contribution is 2.21. The van der Waals surface area contributed by atoms with Gasteiger partial charge in [0.1, 0.15) is 12.2 Å². The van der Waals surface area contributed by atoms with E-state index in [9.17, 15) is 0 Å². The first kappa shape index (κ1) is 11.4. The van der Waals surface area contributed by atoms with Gasteiger partial charge < -0.3 is 9.88 Å². The highest BCUT2D eigenvalue weighted by Gasteiger charge is 2.26. The van der Waals surface area contributed by atoms with Crippen molar-refractivity contribution in [2.45, 2.75) is 25.8 Å². The molecule has 0 amide bonds. The van der Waals surface area contributed by atoms with Gasteiger partial charge in [-0.15, -0.1) is 10.2 Å². The topological polar surface area (TPSA) is 55.1 Å². The van der Waals surface area contributed by atoms with Crippen LogP contribution in [0, 0.1) is 0 Å². The van der Waals surface area contributed by atoms with Crippen LogP contribution in [0.25, 0.3) is 0 Å². The number of thioether (sulfide) groups is 1. The molecule has 0 spiro atoms. The van der Waals surface area contributed by atoms with Crippen LogP contribution in [0.3, 0.4) is 0 Å². The van der Waals surface area contributed by atoms with Crippen molar-refractivity contribution in [1.29, 1.82) is 0 Å². The summed E-state index contributed by atoms with van der Waals surface area (Å²) in [4.78, 5) is 4.52. The van der Waals surface area contributed by atoms with E-state index < -0.39 is 0 Å². The minimum absolute atomic E-state index is 0.175. The number of amidine groups is 1. The predicted molar refractivity (Wildman–Crippen MR) is 66.7 cm³/mol. The molecule has 1 N–H and O–H groups in total. The molecular formula is C10H17N5S. The van der Waals surface area contributed by atoms with Gasteiger partial charge in [-0.25, -0.2) is 0 Å². The molecule has 0 saturated carbocycles. The van der Waals surface area contributed by atoms with E-state index in [1.807, 2.05) is 11.6 Å². The van der Waals surface area contributed by atoms with E-state index in [1.165, 1.54) is 0 Å². The molecule has 1 aliphatic heterocycles. The van der Waals surface area contributed by atoms with Gasteiger partial charge in [-0.05, 0) is 13.8 Å². The molecule has 1 aromatic rings. The molecular weight excluding hydrogens is 222 g/mol. The van der Waals surface area contributed by atoms with Crippen molar-refractivity contribution < 1.29 is 0 Å². The summed E-state index contributed by atoms with van der Waals surface area (Å²) in [5.41, 5.74) is 0.175. The number of hydrogen-bond acceptors (Lipinski definition) is 4. The summed E-state index contributed by atoms with van der Waals surface area (Å²) in [6, 6.07) is 0. The Morgan fingerprint density at radius 3 is 3.00 bits per heavy atom. The largest absolute Gasteiger partial charge is 0.359 e. The van der Waals surface area contributed by atoms with Crippen LogP contribution in [0.15, 0.2) is 11.3 Å². The summed E-state index contributed by atoms with van der Waals surface area (Å²) in [7, 11) is 1.95. The van der Waals surface area contributed by atoms with Gasteiger partial charge in [0.05, 0.1) is 0 Å². The first-order valence-electron chi connectivity index (χ1n) is 5.35. The number of aliphatic imine (C=N–C) groups is 1. The van der Waals surface area contributed by atoms with E-state index in [4.69, 9.17) is 0 Å². The van der Waals surface area contributed by atoms with Gasteiger partial charge >= 0.3 is 0 Å². The van der Waals surface area contributed by atoms with Crippen molar-refractivity contribution in [2.75, 3.05) is 12.3 Å². The normalized spacial score (nSPS) is 21.3. The van der Waals surface area contributed by atoms with Crippen molar-refractivity contribution in [3.05, 3.63) is 12.2 Å². The first-order chi connectivity index (χ1) is 7.57. The number of rotatable bonds is 3. The summed E-state index contributed by atoms with van der Waals surface area (Å²) in [5, 5.41) is 12.3. The monoisotopic (exact) mass is 239 g/mol. The molecule has 16 heavy (non-hydrogen) atoms. The van der Waals surface area contributed by atoms with E-state index >= 15 is 0 Å². The molecule has 5 nitrogen and oxygen atoms in total. The quantitative estimate of drug-likeness (QED) is 0.849. The number of nitrogens with zero attached hydrogens (tertiary/aromatic N) is 4. The maximum atomic E-state index is 4.52. The van der Waals surface area contributed by atoms with E-state index in [-0.39, 0.29) is 5.54 Å². The Labute approximate surface area is 99.7 Å². The molecule has 1 aromatic heterocycles. The average Bonchev–Trinajstić information content (AvgIpc) is 2.74. The van der Waals surface area contributed by atoms with E-state index in [0.29, 0.717) is 0 Å². The Bertz CT molecular complexity index is 396. The van der Waals surface area contributed by atoms with Gasteiger partial charge in [0.25, 0.3) is 0 Å². The number of aromatic nitrogens is 3. The smallest absolute Gasteiger partial charge is 0.157 e. The molecule has 2 rings (SSSR count). The highest BCUT2D eigenvalue weighted by molar-refractivity contribution is 8.14. The summed E-state index contributed by atoms with van der Waals surface area (Å²) in [5.74, 6) is 2.06. The second kappa shape index (κ2) is 4.45. The predicted octanol–water partition coefficient (Wildman–Crippen LogP) is 0.829. The third kappa shape index (κ3) is 2.75.